The van der Waals surface area contributed by atoms with E-state index >= 15 is 0 Å². The van der Waals surface area contributed by atoms with Crippen molar-refractivity contribution in [3.05, 3.63) is 53.9 Å². The second kappa shape index (κ2) is 7.21. The van der Waals surface area contributed by atoms with Gasteiger partial charge in [0, 0.05) is 23.6 Å². The number of ether oxygens (including phenoxy) is 2. The molecule has 1 amide bonds. The van der Waals surface area contributed by atoms with Crippen molar-refractivity contribution in [2.45, 2.75) is 6.92 Å². The van der Waals surface area contributed by atoms with E-state index in [1.54, 1.807) is 36.4 Å². The fourth-order valence-corrected chi connectivity index (χ4v) is 1.67. The molecule has 0 aliphatic heterocycles. The average molecular weight is 300 g/mol. The lowest BCUT2D eigenvalue weighted by molar-refractivity contribution is -0.142. The van der Waals surface area contributed by atoms with Gasteiger partial charge in [-0.2, -0.15) is 0 Å². The van der Waals surface area contributed by atoms with Crippen molar-refractivity contribution in [3.8, 4) is 5.75 Å². The summed E-state index contributed by atoms with van der Waals surface area (Å²) < 4.78 is 9.76. The molecular weight excluding hydrogens is 284 g/mol. The van der Waals surface area contributed by atoms with Crippen LogP contribution in [-0.4, -0.2) is 30.6 Å². The van der Waals surface area contributed by atoms with E-state index < -0.39 is 5.97 Å². The third kappa shape index (κ3) is 4.31. The molecule has 1 aromatic heterocycles. The second-order valence-corrected chi connectivity index (χ2v) is 4.54. The molecule has 6 nitrogen and oxygen atoms in total. The Labute approximate surface area is 128 Å². The molecule has 0 atom stereocenters. The van der Waals surface area contributed by atoms with Gasteiger partial charge in [0.1, 0.15) is 5.75 Å². The fourth-order valence-electron chi connectivity index (χ4n) is 1.67. The molecule has 22 heavy (non-hydrogen) atoms. The van der Waals surface area contributed by atoms with Gasteiger partial charge < -0.3 is 14.8 Å². The molecule has 1 N–H and O–H groups in total. The lowest BCUT2D eigenvalue weighted by atomic mass is 10.2. The van der Waals surface area contributed by atoms with Gasteiger partial charge in [-0.05, 0) is 31.2 Å². The number of hydrogen-bond acceptors (Lipinski definition) is 5. The molecule has 0 radical (unpaired) electrons. The van der Waals surface area contributed by atoms with Crippen molar-refractivity contribution in [3.63, 3.8) is 0 Å². The standard InChI is InChI=1S/C16H16N2O4/c1-11-6-7-12(9-17-11)16(20)18-13-4-3-5-14(8-13)22-10-15(19)21-2/h3-9H,10H2,1-2H3,(H,18,20). The van der Waals surface area contributed by atoms with Crippen LogP contribution in [-0.2, 0) is 9.53 Å². The van der Waals surface area contributed by atoms with Crippen LogP contribution in [0.5, 0.6) is 5.75 Å². The zero-order valence-corrected chi connectivity index (χ0v) is 12.3. The van der Waals surface area contributed by atoms with Crippen molar-refractivity contribution in [2.75, 3.05) is 19.0 Å². The summed E-state index contributed by atoms with van der Waals surface area (Å²) in [5.74, 6) is -0.275. The van der Waals surface area contributed by atoms with E-state index in [2.05, 4.69) is 15.0 Å². The molecule has 6 heteroatoms. The van der Waals surface area contributed by atoms with Crippen molar-refractivity contribution in [1.29, 1.82) is 0 Å². The van der Waals surface area contributed by atoms with Crippen LogP contribution in [0.3, 0.4) is 0 Å². The highest BCUT2D eigenvalue weighted by Gasteiger charge is 2.07. The zero-order chi connectivity index (χ0) is 15.9. The Morgan fingerprint density at radius 2 is 2.05 bits per heavy atom. The Morgan fingerprint density at radius 1 is 1.23 bits per heavy atom. The molecule has 1 aromatic carbocycles. The van der Waals surface area contributed by atoms with E-state index in [9.17, 15) is 9.59 Å². The summed E-state index contributed by atoms with van der Waals surface area (Å²) in [5.41, 5.74) is 1.87. The van der Waals surface area contributed by atoms with E-state index in [0.717, 1.165) is 5.69 Å². The maximum absolute atomic E-state index is 12.1. The summed E-state index contributed by atoms with van der Waals surface area (Å²) in [5, 5.41) is 2.74. The van der Waals surface area contributed by atoms with Crippen LogP contribution >= 0.6 is 0 Å². The molecule has 2 rings (SSSR count). The number of esters is 1. The highest BCUT2D eigenvalue weighted by molar-refractivity contribution is 6.04. The molecule has 0 saturated heterocycles. The third-order valence-electron chi connectivity index (χ3n) is 2.85. The van der Waals surface area contributed by atoms with E-state index in [-0.39, 0.29) is 12.5 Å². The number of amides is 1. The number of rotatable bonds is 5. The van der Waals surface area contributed by atoms with Gasteiger partial charge in [-0.25, -0.2) is 4.79 Å². The minimum atomic E-state index is -0.472. The molecule has 1 heterocycles. The molecule has 0 saturated carbocycles. The van der Waals surface area contributed by atoms with Crippen LogP contribution in [0.4, 0.5) is 5.69 Å². The van der Waals surface area contributed by atoms with Gasteiger partial charge in [-0.1, -0.05) is 6.07 Å². The minimum absolute atomic E-state index is 0.185. The smallest absolute Gasteiger partial charge is 0.343 e. The van der Waals surface area contributed by atoms with Crippen LogP contribution in [0.25, 0.3) is 0 Å². The third-order valence-corrected chi connectivity index (χ3v) is 2.85. The number of carbonyl (C=O) groups is 2. The molecule has 2 aromatic rings. The summed E-state index contributed by atoms with van der Waals surface area (Å²) in [6, 6.07) is 10.2. The summed E-state index contributed by atoms with van der Waals surface area (Å²) in [6.45, 7) is 1.67. The monoisotopic (exact) mass is 300 g/mol. The number of nitrogens with zero attached hydrogens (tertiary/aromatic N) is 1. The molecule has 0 spiro atoms. The van der Waals surface area contributed by atoms with Crippen LogP contribution < -0.4 is 10.1 Å². The van der Waals surface area contributed by atoms with Crippen molar-refractivity contribution >= 4 is 17.6 Å². The molecule has 0 aliphatic carbocycles. The molecule has 0 bridgehead atoms. The van der Waals surface area contributed by atoms with E-state index in [1.807, 2.05) is 6.92 Å². The number of pyridine rings is 1. The SMILES string of the molecule is COC(=O)COc1cccc(NC(=O)c2ccc(C)nc2)c1. The number of hydrogen-bond donors (Lipinski definition) is 1. The Morgan fingerprint density at radius 3 is 2.73 bits per heavy atom. The van der Waals surface area contributed by atoms with E-state index in [1.165, 1.54) is 13.3 Å². The summed E-state index contributed by atoms with van der Waals surface area (Å²) >= 11 is 0. The summed E-state index contributed by atoms with van der Waals surface area (Å²) in [4.78, 5) is 27.2. The van der Waals surface area contributed by atoms with Crippen LogP contribution in [0.2, 0.25) is 0 Å². The lowest BCUT2D eigenvalue weighted by Crippen LogP contribution is -2.14. The quantitative estimate of drug-likeness (QED) is 0.856. The van der Waals surface area contributed by atoms with E-state index in [0.29, 0.717) is 17.0 Å². The predicted octanol–water partition coefficient (Wildman–Crippen LogP) is 2.19. The number of aromatic nitrogens is 1. The number of carbonyl (C=O) groups excluding carboxylic acids is 2. The first-order valence-electron chi connectivity index (χ1n) is 6.62. The van der Waals surface area contributed by atoms with Gasteiger partial charge in [0.05, 0.1) is 12.7 Å². The minimum Gasteiger partial charge on any atom is -0.482 e. The highest BCUT2D eigenvalue weighted by atomic mass is 16.6. The Bertz CT molecular complexity index is 668. The van der Waals surface area contributed by atoms with Gasteiger partial charge in [-0.3, -0.25) is 9.78 Å². The number of aryl methyl sites for hydroxylation is 1. The molecule has 0 aliphatic rings. The zero-order valence-electron chi connectivity index (χ0n) is 12.3. The van der Waals surface area contributed by atoms with Gasteiger partial charge in [0.25, 0.3) is 5.91 Å². The van der Waals surface area contributed by atoms with Crippen molar-refractivity contribution in [1.82, 2.24) is 4.98 Å². The van der Waals surface area contributed by atoms with Crippen LogP contribution in [0.1, 0.15) is 16.1 Å². The van der Waals surface area contributed by atoms with Gasteiger partial charge in [-0.15, -0.1) is 0 Å². The topological polar surface area (TPSA) is 77.5 Å². The molecular formula is C16H16N2O4. The number of anilines is 1. The fraction of sp³-hybridized carbons (Fsp3) is 0.188. The van der Waals surface area contributed by atoms with E-state index in [4.69, 9.17) is 4.74 Å². The first-order chi connectivity index (χ1) is 10.6. The maximum Gasteiger partial charge on any atom is 0.343 e. The first kappa shape index (κ1) is 15.5. The first-order valence-corrected chi connectivity index (χ1v) is 6.62. The Kier molecular flexibility index (Phi) is 5.08. The Balaban J connectivity index is 2.02. The number of benzene rings is 1. The summed E-state index contributed by atoms with van der Waals surface area (Å²) in [6.07, 6.45) is 1.52. The van der Waals surface area contributed by atoms with Crippen LogP contribution in [0.15, 0.2) is 42.6 Å². The number of nitrogens with one attached hydrogen (secondary N) is 1. The molecule has 0 unspecified atom stereocenters. The van der Waals surface area contributed by atoms with Gasteiger partial charge in [0.15, 0.2) is 6.61 Å². The second-order valence-electron chi connectivity index (χ2n) is 4.54. The van der Waals surface area contributed by atoms with Gasteiger partial charge >= 0.3 is 5.97 Å². The highest BCUT2D eigenvalue weighted by Crippen LogP contribution is 2.18. The largest absolute Gasteiger partial charge is 0.482 e. The van der Waals surface area contributed by atoms with Gasteiger partial charge in [0.2, 0.25) is 0 Å². The number of methoxy groups -OCH3 is 1. The summed E-state index contributed by atoms with van der Waals surface area (Å²) in [7, 11) is 1.29. The molecule has 114 valence electrons. The predicted molar refractivity (Wildman–Crippen MR) is 80.9 cm³/mol. The van der Waals surface area contributed by atoms with Crippen molar-refractivity contribution < 1.29 is 19.1 Å². The maximum atomic E-state index is 12.1. The van der Waals surface area contributed by atoms with Crippen molar-refractivity contribution in [2.24, 2.45) is 0 Å². The molecule has 0 fully saturated rings. The Hall–Kier alpha value is -2.89. The average Bonchev–Trinajstić information content (AvgIpc) is 2.53. The van der Waals surface area contributed by atoms with Crippen LogP contribution in [0, 0.1) is 6.92 Å². The normalized spacial score (nSPS) is 9.91. The lowest BCUT2D eigenvalue weighted by Gasteiger charge is -2.08.